The van der Waals surface area contributed by atoms with Crippen LogP contribution in [0, 0.1) is 6.92 Å². The molecule has 5 nitrogen and oxygen atoms in total. The van der Waals surface area contributed by atoms with E-state index in [-0.39, 0.29) is 5.75 Å². The second-order valence-electron chi connectivity index (χ2n) is 3.63. The van der Waals surface area contributed by atoms with Gasteiger partial charge in [-0.25, -0.2) is 0 Å². The zero-order valence-corrected chi connectivity index (χ0v) is 11.0. The highest BCUT2D eigenvalue weighted by atomic mass is 79.9. The Labute approximate surface area is 107 Å². The number of aromatic hydroxyl groups is 1. The molecule has 1 aromatic carbocycles. The molecular formula is C11H12BrN3O2. The van der Waals surface area contributed by atoms with Crippen LogP contribution in [0.25, 0.3) is 11.1 Å². The van der Waals surface area contributed by atoms with Gasteiger partial charge >= 0.3 is 0 Å². The van der Waals surface area contributed by atoms with E-state index in [4.69, 9.17) is 10.5 Å². The number of hydrogen-bond donors (Lipinski definition) is 3. The fraction of sp³-hybridized carbons (Fsp3) is 0.182. The molecule has 0 radical (unpaired) electrons. The summed E-state index contributed by atoms with van der Waals surface area (Å²) in [6.07, 6.45) is 1.64. The highest BCUT2D eigenvalue weighted by Crippen LogP contribution is 2.44. The number of nitrogens with zero attached hydrogens (tertiary/aromatic N) is 1. The first-order chi connectivity index (χ1) is 8.06. The zero-order valence-electron chi connectivity index (χ0n) is 9.41. The molecule has 6 heteroatoms. The summed E-state index contributed by atoms with van der Waals surface area (Å²) >= 11 is 3.42. The maximum Gasteiger partial charge on any atom is 0.175 e. The van der Waals surface area contributed by atoms with Gasteiger partial charge in [-0.2, -0.15) is 5.10 Å². The van der Waals surface area contributed by atoms with E-state index in [0.29, 0.717) is 16.0 Å². The number of aromatic nitrogens is 2. The van der Waals surface area contributed by atoms with Crippen LogP contribution in [0.15, 0.2) is 16.7 Å². The zero-order chi connectivity index (χ0) is 12.6. The van der Waals surface area contributed by atoms with E-state index < -0.39 is 0 Å². The van der Waals surface area contributed by atoms with Crippen LogP contribution < -0.4 is 10.5 Å². The van der Waals surface area contributed by atoms with Gasteiger partial charge in [0, 0.05) is 11.1 Å². The molecule has 0 amide bonds. The molecule has 1 heterocycles. The van der Waals surface area contributed by atoms with Crippen LogP contribution in [0.2, 0.25) is 0 Å². The third kappa shape index (κ3) is 1.84. The Morgan fingerprint density at radius 1 is 1.53 bits per heavy atom. The minimum Gasteiger partial charge on any atom is -0.504 e. The van der Waals surface area contributed by atoms with Gasteiger partial charge in [-0.15, -0.1) is 0 Å². The van der Waals surface area contributed by atoms with Crippen molar-refractivity contribution in [1.29, 1.82) is 0 Å². The quantitative estimate of drug-likeness (QED) is 0.795. The van der Waals surface area contributed by atoms with Crippen molar-refractivity contribution in [1.82, 2.24) is 10.2 Å². The van der Waals surface area contributed by atoms with Gasteiger partial charge in [-0.05, 0) is 34.5 Å². The Kier molecular flexibility index (Phi) is 2.97. The van der Waals surface area contributed by atoms with Crippen LogP contribution >= 0.6 is 15.9 Å². The van der Waals surface area contributed by atoms with E-state index >= 15 is 0 Å². The Hall–Kier alpha value is -1.69. The predicted octanol–water partition coefficient (Wildman–Crippen LogP) is 2.44. The Balaban J connectivity index is 2.74. The number of nitrogens with one attached hydrogen (secondary N) is 1. The van der Waals surface area contributed by atoms with Gasteiger partial charge in [0.1, 0.15) is 5.82 Å². The van der Waals surface area contributed by atoms with E-state index in [9.17, 15) is 5.11 Å². The van der Waals surface area contributed by atoms with Gasteiger partial charge in [0.25, 0.3) is 0 Å². The minimum absolute atomic E-state index is 0.0858. The summed E-state index contributed by atoms with van der Waals surface area (Å²) < 4.78 is 5.80. The number of aromatic amines is 1. The number of rotatable bonds is 2. The lowest BCUT2D eigenvalue weighted by Crippen LogP contribution is -1.94. The number of phenols is 1. The second-order valence-corrected chi connectivity index (χ2v) is 4.43. The molecule has 1 aromatic heterocycles. The smallest absolute Gasteiger partial charge is 0.175 e. The largest absolute Gasteiger partial charge is 0.504 e. The van der Waals surface area contributed by atoms with Crippen LogP contribution in [0.4, 0.5) is 5.82 Å². The molecule has 2 rings (SSSR count). The molecule has 0 aliphatic carbocycles. The van der Waals surface area contributed by atoms with E-state index in [0.717, 1.165) is 16.7 Å². The van der Waals surface area contributed by atoms with E-state index in [1.165, 1.54) is 7.11 Å². The van der Waals surface area contributed by atoms with Crippen molar-refractivity contribution in [2.24, 2.45) is 0 Å². The summed E-state index contributed by atoms with van der Waals surface area (Å²) in [6.45, 7) is 1.88. The molecule has 0 saturated carbocycles. The molecule has 0 spiro atoms. The molecule has 0 fully saturated rings. The molecule has 0 bridgehead atoms. The number of H-pyrrole nitrogens is 1. The maximum absolute atomic E-state index is 9.75. The first-order valence-corrected chi connectivity index (χ1v) is 5.70. The topological polar surface area (TPSA) is 84.2 Å². The van der Waals surface area contributed by atoms with Crippen molar-refractivity contribution >= 4 is 21.7 Å². The third-order valence-electron chi connectivity index (χ3n) is 2.54. The number of phenolic OH excluding ortho intramolecular Hbond substituents is 1. The first kappa shape index (κ1) is 11.8. The van der Waals surface area contributed by atoms with Crippen LogP contribution in [0.1, 0.15) is 5.56 Å². The molecule has 0 unspecified atom stereocenters. The van der Waals surface area contributed by atoms with Crippen molar-refractivity contribution in [3.8, 4) is 22.6 Å². The number of halogens is 1. The fourth-order valence-corrected chi connectivity index (χ4v) is 2.65. The number of nitrogen functional groups attached to an aromatic ring is 1. The number of anilines is 1. The Morgan fingerprint density at radius 3 is 2.76 bits per heavy atom. The van der Waals surface area contributed by atoms with Crippen molar-refractivity contribution in [2.45, 2.75) is 6.92 Å². The lowest BCUT2D eigenvalue weighted by molar-refractivity contribution is 0.371. The molecule has 0 aliphatic heterocycles. The summed E-state index contributed by atoms with van der Waals surface area (Å²) in [5.41, 5.74) is 8.30. The van der Waals surface area contributed by atoms with Crippen LogP contribution in [-0.2, 0) is 0 Å². The van der Waals surface area contributed by atoms with E-state index in [1.54, 1.807) is 12.3 Å². The lowest BCUT2D eigenvalue weighted by Gasteiger charge is -2.13. The SMILES string of the molecule is COc1c(O)cc(C)c(-c2cn[nH]c2N)c1Br. The molecule has 4 N–H and O–H groups in total. The van der Waals surface area contributed by atoms with Crippen molar-refractivity contribution < 1.29 is 9.84 Å². The first-order valence-electron chi connectivity index (χ1n) is 4.91. The minimum atomic E-state index is 0.0858. The number of methoxy groups -OCH3 is 1. The lowest BCUT2D eigenvalue weighted by atomic mass is 10.0. The highest BCUT2D eigenvalue weighted by molar-refractivity contribution is 9.10. The standard InChI is InChI=1S/C11H12BrN3O2/c1-5-3-7(16)10(17-2)9(12)8(5)6-4-14-15-11(6)13/h3-4,16H,1-2H3,(H3,13,14,15). The molecule has 17 heavy (non-hydrogen) atoms. The van der Waals surface area contributed by atoms with Gasteiger partial charge in [0.05, 0.1) is 17.8 Å². The molecule has 0 atom stereocenters. The number of ether oxygens (including phenoxy) is 1. The summed E-state index contributed by atoms with van der Waals surface area (Å²) in [5, 5.41) is 16.3. The molecule has 2 aromatic rings. The van der Waals surface area contributed by atoms with E-state index in [1.807, 2.05) is 6.92 Å². The third-order valence-corrected chi connectivity index (χ3v) is 3.30. The number of aryl methyl sites for hydroxylation is 1. The monoisotopic (exact) mass is 297 g/mol. The normalized spacial score (nSPS) is 10.5. The summed E-state index contributed by atoms with van der Waals surface area (Å²) in [5.74, 6) is 0.940. The Morgan fingerprint density at radius 2 is 2.24 bits per heavy atom. The van der Waals surface area contributed by atoms with Crippen LogP contribution in [0.3, 0.4) is 0 Å². The fourth-order valence-electron chi connectivity index (χ4n) is 1.76. The molecule has 90 valence electrons. The maximum atomic E-state index is 9.75. The average molecular weight is 298 g/mol. The van der Waals surface area contributed by atoms with Crippen LogP contribution in [0.5, 0.6) is 11.5 Å². The van der Waals surface area contributed by atoms with Gasteiger partial charge in [0.15, 0.2) is 11.5 Å². The van der Waals surface area contributed by atoms with Gasteiger partial charge in [-0.1, -0.05) is 0 Å². The summed E-state index contributed by atoms with van der Waals surface area (Å²) in [7, 11) is 1.50. The molecule has 0 aliphatic rings. The summed E-state index contributed by atoms with van der Waals surface area (Å²) in [6, 6.07) is 1.63. The molecular weight excluding hydrogens is 286 g/mol. The predicted molar refractivity (Wildman–Crippen MR) is 69.1 cm³/mol. The number of nitrogens with two attached hydrogens (primary N) is 1. The van der Waals surface area contributed by atoms with Crippen LogP contribution in [-0.4, -0.2) is 22.4 Å². The van der Waals surface area contributed by atoms with Gasteiger partial charge < -0.3 is 15.6 Å². The summed E-state index contributed by atoms with van der Waals surface area (Å²) in [4.78, 5) is 0. The van der Waals surface area contributed by atoms with Gasteiger partial charge in [0.2, 0.25) is 0 Å². The van der Waals surface area contributed by atoms with E-state index in [2.05, 4.69) is 26.1 Å². The molecule has 0 saturated heterocycles. The average Bonchev–Trinajstić information content (AvgIpc) is 2.65. The number of benzene rings is 1. The van der Waals surface area contributed by atoms with Crippen molar-refractivity contribution in [2.75, 3.05) is 12.8 Å². The van der Waals surface area contributed by atoms with Crippen molar-refractivity contribution in [3.05, 3.63) is 22.3 Å². The highest BCUT2D eigenvalue weighted by Gasteiger charge is 2.18. The number of hydrogen-bond acceptors (Lipinski definition) is 4. The van der Waals surface area contributed by atoms with Crippen molar-refractivity contribution in [3.63, 3.8) is 0 Å². The second kappa shape index (κ2) is 4.29. The van der Waals surface area contributed by atoms with Gasteiger partial charge in [-0.3, -0.25) is 5.10 Å². The Bertz CT molecular complexity index is 566.